The number of hydrogen-bond donors (Lipinski definition) is 1. The van der Waals surface area contributed by atoms with Crippen LogP contribution in [-0.4, -0.2) is 37.9 Å². The Morgan fingerprint density at radius 1 is 1.33 bits per heavy atom. The summed E-state index contributed by atoms with van der Waals surface area (Å²) in [6.45, 7) is 3.60. The zero-order valence-corrected chi connectivity index (χ0v) is 14.2. The highest BCUT2D eigenvalue weighted by atomic mass is 35.5. The van der Waals surface area contributed by atoms with Crippen molar-refractivity contribution in [3.8, 4) is 11.3 Å². The highest BCUT2D eigenvalue weighted by molar-refractivity contribution is 6.33. The van der Waals surface area contributed by atoms with Gasteiger partial charge in [-0.15, -0.1) is 0 Å². The van der Waals surface area contributed by atoms with Crippen LogP contribution in [0.5, 0.6) is 0 Å². The van der Waals surface area contributed by atoms with Crippen LogP contribution in [0.15, 0.2) is 40.8 Å². The predicted molar refractivity (Wildman–Crippen MR) is 91.3 cm³/mol. The van der Waals surface area contributed by atoms with Gasteiger partial charge in [0.2, 0.25) is 0 Å². The summed E-state index contributed by atoms with van der Waals surface area (Å²) in [5.74, 6) is 0.565. The van der Waals surface area contributed by atoms with Gasteiger partial charge in [0, 0.05) is 18.8 Å². The molecular weight excluding hydrogens is 330 g/mol. The molecule has 1 aliphatic heterocycles. The number of nitrogens with one attached hydrogen (secondary N) is 1. The minimum Gasteiger partial charge on any atom is -0.451 e. The van der Waals surface area contributed by atoms with E-state index in [1.807, 2.05) is 25.1 Å². The normalized spacial score (nSPS) is 20.8. The van der Waals surface area contributed by atoms with E-state index in [9.17, 15) is 4.79 Å². The van der Waals surface area contributed by atoms with E-state index in [1.54, 1.807) is 18.2 Å². The Labute approximate surface area is 145 Å². The van der Waals surface area contributed by atoms with E-state index >= 15 is 0 Å². The fourth-order valence-electron chi connectivity index (χ4n) is 2.76. The zero-order chi connectivity index (χ0) is 16.9. The lowest BCUT2D eigenvalue weighted by Gasteiger charge is -2.31. The van der Waals surface area contributed by atoms with Crippen LogP contribution < -0.4 is 5.32 Å². The van der Waals surface area contributed by atoms with Gasteiger partial charge in [0.15, 0.2) is 5.76 Å². The molecule has 2 heterocycles. The van der Waals surface area contributed by atoms with Crippen LogP contribution in [-0.2, 0) is 9.47 Å². The number of halogens is 1. The van der Waals surface area contributed by atoms with Crippen molar-refractivity contribution < 1.29 is 18.7 Å². The summed E-state index contributed by atoms with van der Waals surface area (Å²) in [5, 5.41) is 3.56. The van der Waals surface area contributed by atoms with E-state index in [-0.39, 0.29) is 23.8 Å². The van der Waals surface area contributed by atoms with Crippen molar-refractivity contribution >= 4 is 17.5 Å². The topological polar surface area (TPSA) is 60.7 Å². The fourth-order valence-corrected chi connectivity index (χ4v) is 2.99. The molecule has 0 aliphatic carbocycles. The molecule has 1 aliphatic rings. The summed E-state index contributed by atoms with van der Waals surface area (Å²) in [6.07, 6.45) is 0.583. The van der Waals surface area contributed by atoms with E-state index < -0.39 is 0 Å². The summed E-state index contributed by atoms with van der Waals surface area (Å²) in [6, 6.07) is 10.7. The van der Waals surface area contributed by atoms with Gasteiger partial charge in [-0.25, -0.2) is 0 Å². The van der Waals surface area contributed by atoms with Crippen LogP contribution in [0.3, 0.4) is 0 Å². The van der Waals surface area contributed by atoms with Gasteiger partial charge < -0.3 is 19.2 Å². The molecule has 2 aromatic rings. The Morgan fingerprint density at radius 3 is 2.96 bits per heavy atom. The lowest BCUT2D eigenvalue weighted by Crippen LogP contribution is -2.49. The van der Waals surface area contributed by atoms with E-state index in [0.717, 1.165) is 5.56 Å². The molecule has 3 rings (SSSR count). The third-order valence-corrected chi connectivity index (χ3v) is 4.30. The van der Waals surface area contributed by atoms with Crippen molar-refractivity contribution in [3.63, 3.8) is 0 Å². The number of furan rings is 1. The molecule has 1 aromatic carbocycles. The highest BCUT2D eigenvalue weighted by Crippen LogP contribution is 2.29. The number of carbonyl (C=O) groups excluding carboxylic acids is 1. The Morgan fingerprint density at radius 2 is 2.17 bits per heavy atom. The van der Waals surface area contributed by atoms with Crippen molar-refractivity contribution in [2.75, 3.05) is 19.8 Å². The minimum atomic E-state index is -0.259. The molecule has 6 heteroatoms. The first kappa shape index (κ1) is 17.0. The predicted octanol–water partition coefficient (Wildman–Crippen LogP) is 3.52. The Balaban J connectivity index is 1.71. The molecule has 0 spiro atoms. The molecule has 1 N–H and O–H groups in total. The molecule has 24 heavy (non-hydrogen) atoms. The SMILES string of the molecule is CCO[C@@H]1COCC[C@H]1NC(=O)c1ccc(-c2ccccc2Cl)o1. The van der Waals surface area contributed by atoms with Gasteiger partial charge in [0.25, 0.3) is 5.91 Å². The number of hydrogen-bond acceptors (Lipinski definition) is 4. The number of amides is 1. The van der Waals surface area contributed by atoms with Crippen LogP contribution in [0, 0.1) is 0 Å². The van der Waals surface area contributed by atoms with Crippen molar-refractivity contribution in [3.05, 3.63) is 47.2 Å². The standard InChI is InChI=1S/C18H20ClNO4/c1-2-23-17-11-22-10-9-14(17)20-18(21)16-8-7-15(24-16)12-5-3-4-6-13(12)19/h3-8,14,17H,2,9-11H2,1H3,(H,20,21)/t14-,17-/m1/s1. The Bertz CT molecular complexity index is 698. The average molecular weight is 350 g/mol. The first-order valence-corrected chi connectivity index (χ1v) is 8.41. The van der Waals surface area contributed by atoms with E-state index in [2.05, 4.69) is 5.32 Å². The molecule has 1 fully saturated rings. The molecule has 5 nitrogen and oxygen atoms in total. The van der Waals surface area contributed by atoms with Crippen LogP contribution in [0.2, 0.25) is 5.02 Å². The van der Waals surface area contributed by atoms with Crippen LogP contribution in [0.25, 0.3) is 11.3 Å². The third kappa shape index (κ3) is 3.80. The zero-order valence-electron chi connectivity index (χ0n) is 13.5. The first-order valence-electron chi connectivity index (χ1n) is 8.04. The number of rotatable bonds is 5. The summed E-state index contributed by atoms with van der Waals surface area (Å²) in [4.78, 5) is 12.5. The largest absolute Gasteiger partial charge is 0.451 e. The van der Waals surface area contributed by atoms with Crippen molar-refractivity contribution in [1.82, 2.24) is 5.32 Å². The lowest BCUT2D eigenvalue weighted by atomic mass is 10.1. The second-order valence-corrected chi connectivity index (χ2v) is 5.99. The van der Waals surface area contributed by atoms with Crippen molar-refractivity contribution in [2.45, 2.75) is 25.5 Å². The summed E-state index contributed by atoms with van der Waals surface area (Å²) in [7, 11) is 0. The highest BCUT2D eigenvalue weighted by Gasteiger charge is 2.28. The van der Waals surface area contributed by atoms with Gasteiger partial charge in [-0.3, -0.25) is 4.79 Å². The van der Waals surface area contributed by atoms with E-state index in [4.69, 9.17) is 25.5 Å². The number of carbonyl (C=O) groups is 1. The molecule has 1 amide bonds. The molecule has 1 aromatic heterocycles. The van der Waals surface area contributed by atoms with Gasteiger partial charge in [-0.1, -0.05) is 23.7 Å². The molecule has 2 atom stereocenters. The average Bonchev–Trinajstić information content (AvgIpc) is 3.07. The van der Waals surface area contributed by atoms with Gasteiger partial charge >= 0.3 is 0 Å². The molecule has 0 bridgehead atoms. The summed E-state index contributed by atoms with van der Waals surface area (Å²) in [5.41, 5.74) is 0.761. The smallest absolute Gasteiger partial charge is 0.287 e. The second kappa shape index (κ2) is 7.83. The quantitative estimate of drug-likeness (QED) is 0.897. The molecule has 0 radical (unpaired) electrons. The van der Waals surface area contributed by atoms with Crippen LogP contribution in [0.4, 0.5) is 0 Å². The van der Waals surface area contributed by atoms with Gasteiger partial charge in [0.05, 0.1) is 17.7 Å². The maximum atomic E-state index is 12.5. The molecule has 1 saturated heterocycles. The maximum Gasteiger partial charge on any atom is 0.287 e. The third-order valence-electron chi connectivity index (χ3n) is 3.97. The van der Waals surface area contributed by atoms with Gasteiger partial charge in [0.1, 0.15) is 11.9 Å². The van der Waals surface area contributed by atoms with Crippen LogP contribution >= 0.6 is 11.6 Å². The Hall–Kier alpha value is -1.82. The number of benzene rings is 1. The monoisotopic (exact) mass is 349 g/mol. The minimum absolute atomic E-state index is 0.0833. The lowest BCUT2D eigenvalue weighted by molar-refractivity contribution is -0.0633. The first-order chi connectivity index (χ1) is 11.7. The molecular formula is C18H20ClNO4. The molecule has 0 unspecified atom stereocenters. The fraction of sp³-hybridized carbons (Fsp3) is 0.389. The van der Waals surface area contributed by atoms with Crippen molar-refractivity contribution in [1.29, 1.82) is 0 Å². The second-order valence-electron chi connectivity index (χ2n) is 5.58. The number of ether oxygens (including phenoxy) is 2. The summed E-state index contributed by atoms with van der Waals surface area (Å²) < 4.78 is 16.7. The Kier molecular flexibility index (Phi) is 5.56. The molecule has 128 valence electrons. The van der Waals surface area contributed by atoms with E-state index in [0.29, 0.717) is 37.0 Å². The van der Waals surface area contributed by atoms with E-state index in [1.165, 1.54) is 0 Å². The molecule has 0 saturated carbocycles. The van der Waals surface area contributed by atoms with Gasteiger partial charge in [-0.05, 0) is 37.6 Å². The van der Waals surface area contributed by atoms with Crippen molar-refractivity contribution in [2.24, 2.45) is 0 Å². The van der Waals surface area contributed by atoms with Crippen LogP contribution in [0.1, 0.15) is 23.9 Å². The summed E-state index contributed by atoms with van der Waals surface area (Å²) >= 11 is 6.17. The maximum absolute atomic E-state index is 12.5. The van der Waals surface area contributed by atoms with Gasteiger partial charge in [-0.2, -0.15) is 0 Å².